The third kappa shape index (κ3) is 4.61. The first-order valence-corrected chi connectivity index (χ1v) is 8.32. The van der Waals surface area contributed by atoms with Gasteiger partial charge in [-0.2, -0.15) is 0 Å². The van der Waals surface area contributed by atoms with Crippen LogP contribution in [-0.4, -0.2) is 51.2 Å². The summed E-state index contributed by atoms with van der Waals surface area (Å²) in [5, 5.41) is 2.96. The minimum absolute atomic E-state index is 0.106. The van der Waals surface area contributed by atoms with Crippen molar-refractivity contribution in [3.63, 3.8) is 0 Å². The van der Waals surface area contributed by atoms with Gasteiger partial charge in [-0.05, 0) is 59.6 Å². The van der Waals surface area contributed by atoms with Crippen LogP contribution in [0.15, 0.2) is 16.6 Å². The van der Waals surface area contributed by atoms with Gasteiger partial charge in [0.15, 0.2) is 0 Å². The predicted molar refractivity (Wildman–Crippen MR) is 89.6 cm³/mol. The topological polar surface area (TPSA) is 50.8 Å². The standard InChI is InChI=1S/C16H23BrN2O3/c1-21-14-11-13(17)15(22-2)10-12(14)4-6-18-16(20)5-9-19-7-3-8-19/h10-11H,3-9H2,1-2H3,(H,18,20). The van der Waals surface area contributed by atoms with Crippen molar-refractivity contribution in [1.29, 1.82) is 0 Å². The van der Waals surface area contributed by atoms with E-state index in [9.17, 15) is 4.79 Å². The first-order chi connectivity index (χ1) is 10.6. The maximum atomic E-state index is 11.8. The molecule has 122 valence electrons. The zero-order chi connectivity index (χ0) is 15.9. The summed E-state index contributed by atoms with van der Waals surface area (Å²) in [6.07, 6.45) is 2.54. The Morgan fingerprint density at radius 3 is 2.59 bits per heavy atom. The molecule has 1 saturated heterocycles. The highest BCUT2D eigenvalue weighted by Crippen LogP contribution is 2.32. The molecule has 1 aliphatic heterocycles. The van der Waals surface area contributed by atoms with Gasteiger partial charge >= 0.3 is 0 Å². The summed E-state index contributed by atoms with van der Waals surface area (Å²) in [7, 11) is 3.28. The molecule has 0 aromatic heterocycles. The van der Waals surface area contributed by atoms with Crippen LogP contribution in [0.1, 0.15) is 18.4 Å². The Hall–Kier alpha value is -1.27. The molecule has 6 heteroatoms. The summed E-state index contributed by atoms with van der Waals surface area (Å²) in [6, 6.07) is 3.83. The minimum Gasteiger partial charge on any atom is -0.496 e. The second-order valence-electron chi connectivity index (χ2n) is 5.34. The van der Waals surface area contributed by atoms with Crippen molar-refractivity contribution in [2.45, 2.75) is 19.3 Å². The summed E-state index contributed by atoms with van der Waals surface area (Å²) in [5.41, 5.74) is 1.02. The highest BCUT2D eigenvalue weighted by molar-refractivity contribution is 9.10. The van der Waals surface area contributed by atoms with E-state index in [4.69, 9.17) is 9.47 Å². The number of hydrogen-bond acceptors (Lipinski definition) is 4. The molecule has 0 unspecified atom stereocenters. The van der Waals surface area contributed by atoms with E-state index in [0.29, 0.717) is 19.4 Å². The second kappa shape index (κ2) is 8.39. The SMILES string of the molecule is COc1cc(CCNC(=O)CCN2CCC2)c(OC)cc1Br. The number of amides is 1. The lowest BCUT2D eigenvalue weighted by Crippen LogP contribution is -2.39. The van der Waals surface area contributed by atoms with Crippen LogP contribution in [0.2, 0.25) is 0 Å². The van der Waals surface area contributed by atoms with Crippen molar-refractivity contribution >= 4 is 21.8 Å². The van der Waals surface area contributed by atoms with Crippen molar-refractivity contribution in [3.05, 3.63) is 22.2 Å². The van der Waals surface area contributed by atoms with Crippen LogP contribution in [-0.2, 0) is 11.2 Å². The largest absolute Gasteiger partial charge is 0.496 e. The molecule has 0 radical (unpaired) electrons. The second-order valence-corrected chi connectivity index (χ2v) is 6.20. The molecule has 2 rings (SSSR count). The molecule has 5 nitrogen and oxygen atoms in total. The molecule has 1 heterocycles. The monoisotopic (exact) mass is 370 g/mol. The Balaban J connectivity index is 1.81. The van der Waals surface area contributed by atoms with Crippen LogP contribution in [0.4, 0.5) is 0 Å². The van der Waals surface area contributed by atoms with Crippen LogP contribution in [0.3, 0.4) is 0 Å². The quantitative estimate of drug-likeness (QED) is 0.762. The van der Waals surface area contributed by atoms with Crippen molar-refractivity contribution in [1.82, 2.24) is 10.2 Å². The number of methoxy groups -OCH3 is 2. The molecule has 1 amide bonds. The van der Waals surface area contributed by atoms with Gasteiger partial charge in [-0.15, -0.1) is 0 Å². The number of nitrogens with zero attached hydrogens (tertiary/aromatic N) is 1. The molecule has 0 saturated carbocycles. The van der Waals surface area contributed by atoms with Crippen LogP contribution >= 0.6 is 15.9 Å². The predicted octanol–water partition coefficient (Wildman–Crippen LogP) is 2.22. The van der Waals surface area contributed by atoms with Gasteiger partial charge in [-0.25, -0.2) is 0 Å². The molecule has 0 bridgehead atoms. The zero-order valence-electron chi connectivity index (χ0n) is 13.2. The van der Waals surface area contributed by atoms with Gasteiger partial charge in [0.25, 0.3) is 0 Å². The lowest BCUT2D eigenvalue weighted by atomic mass is 10.1. The number of carbonyl (C=O) groups excluding carboxylic acids is 1. The fourth-order valence-corrected chi connectivity index (χ4v) is 2.89. The Labute approximate surface area is 140 Å². The van der Waals surface area contributed by atoms with Gasteiger partial charge in [0.05, 0.1) is 18.7 Å². The first-order valence-electron chi connectivity index (χ1n) is 7.53. The molecule has 1 aromatic carbocycles. The molecule has 1 N–H and O–H groups in total. The Morgan fingerprint density at radius 1 is 1.27 bits per heavy atom. The van der Waals surface area contributed by atoms with Crippen LogP contribution in [0.5, 0.6) is 11.5 Å². The van der Waals surface area contributed by atoms with Crippen LogP contribution in [0.25, 0.3) is 0 Å². The van der Waals surface area contributed by atoms with E-state index in [-0.39, 0.29) is 5.91 Å². The maximum absolute atomic E-state index is 11.8. The smallest absolute Gasteiger partial charge is 0.221 e. The normalized spacial score (nSPS) is 14.3. The van der Waals surface area contributed by atoms with Crippen LogP contribution in [0, 0.1) is 0 Å². The van der Waals surface area contributed by atoms with Crippen molar-refractivity contribution in [2.75, 3.05) is 40.4 Å². The average molecular weight is 371 g/mol. The van der Waals surface area contributed by atoms with E-state index < -0.39 is 0 Å². The molecule has 0 atom stereocenters. The third-order valence-electron chi connectivity index (χ3n) is 3.88. The van der Waals surface area contributed by atoms with Gasteiger partial charge in [0, 0.05) is 19.5 Å². The number of carbonyl (C=O) groups is 1. The molecule has 22 heavy (non-hydrogen) atoms. The number of nitrogens with one attached hydrogen (secondary N) is 1. The van der Waals surface area contributed by atoms with Gasteiger partial charge in [-0.3, -0.25) is 4.79 Å². The summed E-state index contributed by atoms with van der Waals surface area (Å²) < 4.78 is 11.5. The number of rotatable bonds is 8. The van der Waals surface area contributed by atoms with E-state index in [0.717, 1.165) is 41.2 Å². The van der Waals surface area contributed by atoms with Gasteiger partial charge in [0.2, 0.25) is 5.91 Å². The molecule has 0 spiro atoms. The van der Waals surface area contributed by atoms with Crippen molar-refractivity contribution in [2.24, 2.45) is 0 Å². The fourth-order valence-electron chi connectivity index (χ4n) is 2.41. The number of hydrogen-bond donors (Lipinski definition) is 1. The summed E-state index contributed by atoms with van der Waals surface area (Å²) in [5.74, 6) is 1.66. The number of likely N-dealkylation sites (tertiary alicyclic amines) is 1. The molecular formula is C16H23BrN2O3. The van der Waals surface area contributed by atoms with Crippen molar-refractivity contribution < 1.29 is 14.3 Å². The van der Waals surface area contributed by atoms with Gasteiger partial charge < -0.3 is 19.7 Å². The minimum atomic E-state index is 0.106. The molecule has 1 aliphatic rings. The highest BCUT2D eigenvalue weighted by Gasteiger charge is 2.14. The molecule has 1 fully saturated rings. The first kappa shape index (κ1) is 17.1. The van der Waals surface area contributed by atoms with Gasteiger partial charge in [0.1, 0.15) is 11.5 Å². The zero-order valence-corrected chi connectivity index (χ0v) is 14.7. The Morgan fingerprint density at radius 2 is 2.00 bits per heavy atom. The lowest BCUT2D eigenvalue weighted by Gasteiger charge is -2.30. The third-order valence-corrected chi connectivity index (χ3v) is 4.49. The summed E-state index contributed by atoms with van der Waals surface area (Å²) in [4.78, 5) is 14.1. The summed E-state index contributed by atoms with van der Waals surface area (Å²) in [6.45, 7) is 3.72. The Kier molecular flexibility index (Phi) is 6.51. The maximum Gasteiger partial charge on any atom is 0.221 e. The number of halogens is 1. The average Bonchev–Trinajstić information content (AvgIpc) is 2.46. The van der Waals surface area contributed by atoms with E-state index in [1.54, 1.807) is 14.2 Å². The van der Waals surface area contributed by atoms with E-state index in [1.807, 2.05) is 12.1 Å². The fraction of sp³-hybridized carbons (Fsp3) is 0.562. The van der Waals surface area contributed by atoms with E-state index in [1.165, 1.54) is 6.42 Å². The summed E-state index contributed by atoms with van der Waals surface area (Å²) >= 11 is 3.44. The van der Waals surface area contributed by atoms with Crippen molar-refractivity contribution in [3.8, 4) is 11.5 Å². The lowest BCUT2D eigenvalue weighted by molar-refractivity contribution is -0.121. The van der Waals surface area contributed by atoms with E-state index in [2.05, 4.69) is 26.1 Å². The number of benzene rings is 1. The Bertz CT molecular complexity index is 518. The molecule has 0 aliphatic carbocycles. The number of ether oxygens (including phenoxy) is 2. The highest BCUT2D eigenvalue weighted by atomic mass is 79.9. The molecule has 1 aromatic rings. The molecular weight excluding hydrogens is 348 g/mol. The van der Waals surface area contributed by atoms with Gasteiger partial charge in [-0.1, -0.05) is 0 Å². The van der Waals surface area contributed by atoms with E-state index >= 15 is 0 Å². The van der Waals surface area contributed by atoms with Crippen LogP contribution < -0.4 is 14.8 Å².